The number of nitrogens with zero attached hydrogens (tertiary/aromatic N) is 1. The van der Waals surface area contributed by atoms with E-state index < -0.39 is 0 Å². The fourth-order valence-corrected chi connectivity index (χ4v) is 0.819. The zero-order valence-electron chi connectivity index (χ0n) is 4.56. The molecule has 1 fully saturated rings. The second-order valence-electron chi connectivity index (χ2n) is 1.87. The summed E-state index contributed by atoms with van der Waals surface area (Å²) in [5, 5.41) is 0. The van der Waals surface area contributed by atoms with Gasteiger partial charge in [0, 0.05) is 13.1 Å². The van der Waals surface area contributed by atoms with Crippen LogP contribution in [0, 0.1) is 0 Å². The van der Waals surface area contributed by atoms with Crippen molar-refractivity contribution in [2.45, 2.75) is 6.42 Å². The molecular weight excluding hydrogens is 126 g/mol. The normalized spacial score (nSPS) is 17.9. The Morgan fingerprint density at radius 1 is 1.62 bits per heavy atom. The highest BCUT2D eigenvalue weighted by molar-refractivity contribution is 6.27. The van der Waals surface area contributed by atoms with Crippen LogP contribution < -0.4 is 0 Å². The third-order valence-corrected chi connectivity index (χ3v) is 1.55. The lowest BCUT2D eigenvalue weighted by Gasteiger charge is -2.29. The van der Waals surface area contributed by atoms with E-state index in [0.717, 1.165) is 19.5 Å². The molecular formula is C5H8ClNO. The fraction of sp³-hybridized carbons (Fsp3) is 0.800. The molecule has 0 aliphatic carbocycles. The summed E-state index contributed by atoms with van der Waals surface area (Å²) in [6.45, 7) is 1.82. The first kappa shape index (κ1) is 5.89. The number of hydrogen-bond acceptors (Lipinski definition) is 1. The van der Waals surface area contributed by atoms with Gasteiger partial charge in [-0.05, 0) is 6.42 Å². The molecule has 0 bridgehead atoms. The first-order valence-corrected chi connectivity index (χ1v) is 3.22. The van der Waals surface area contributed by atoms with E-state index in [1.54, 1.807) is 4.90 Å². The summed E-state index contributed by atoms with van der Waals surface area (Å²) in [4.78, 5) is 12.3. The van der Waals surface area contributed by atoms with Crippen molar-refractivity contribution < 1.29 is 4.79 Å². The molecule has 1 aliphatic heterocycles. The first-order valence-electron chi connectivity index (χ1n) is 2.68. The van der Waals surface area contributed by atoms with Crippen LogP contribution in [0.4, 0.5) is 0 Å². The van der Waals surface area contributed by atoms with Crippen LogP contribution in [0.2, 0.25) is 0 Å². The predicted molar refractivity (Wildman–Crippen MR) is 31.9 cm³/mol. The van der Waals surface area contributed by atoms with Crippen LogP contribution >= 0.6 is 11.6 Å². The highest BCUT2D eigenvalue weighted by atomic mass is 35.5. The Kier molecular flexibility index (Phi) is 1.73. The third kappa shape index (κ3) is 0.944. The zero-order chi connectivity index (χ0) is 5.98. The van der Waals surface area contributed by atoms with E-state index in [2.05, 4.69) is 0 Å². The van der Waals surface area contributed by atoms with E-state index in [1.165, 1.54) is 0 Å². The summed E-state index contributed by atoms with van der Waals surface area (Å²) in [6, 6.07) is 0. The van der Waals surface area contributed by atoms with Crippen molar-refractivity contribution >= 4 is 17.5 Å². The summed E-state index contributed by atoms with van der Waals surface area (Å²) in [6.07, 6.45) is 1.14. The van der Waals surface area contributed by atoms with Crippen molar-refractivity contribution in [2.75, 3.05) is 19.0 Å². The van der Waals surface area contributed by atoms with Gasteiger partial charge >= 0.3 is 0 Å². The summed E-state index contributed by atoms with van der Waals surface area (Å²) < 4.78 is 0. The van der Waals surface area contributed by atoms with E-state index in [1.807, 2.05) is 0 Å². The summed E-state index contributed by atoms with van der Waals surface area (Å²) in [7, 11) is 0. The molecule has 0 aromatic carbocycles. The van der Waals surface area contributed by atoms with Crippen molar-refractivity contribution in [2.24, 2.45) is 0 Å². The summed E-state index contributed by atoms with van der Waals surface area (Å²) >= 11 is 5.27. The molecule has 0 unspecified atom stereocenters. The quantitative estimate of drug-likeness (QED) is 0.476. The molecule has 0 radical (unpaired) electrons. The van der Waals surface area contributed by atoms with Crippen molar-refractivity contribution in [3.8, 4) is 0 Å². The number of alkyl halides is 1. The van der Waals surface area contributed by atoms with Crippen LogP contribution in [-0.2, 0) is 4.79 Å². The molecule has 0 saturated carbocycles. The summed E-state index contributed by atoms with van der Waals surface area (Å²) in [5.74, 6) is 0.206. The monoisotopic (exact) mass is 133 g/mol. The molecule has 0 atom stereocenters. The summed E-state index contributed by atoms with van der Waals surface area (Å²) in [5.41, 5.74) is 0. The molecule has 2 nitrogen and oxygen atoms in total. The van der Waals surface area contributed by atoms with Gasteiger partial charge in [-0.1, -0.05) is 0 Å². The van der Waals surface area contributed by atoms with Crippen LogP contribution in [0.25, 0.3) is 0 Å². The maximum absolute atomic E-state index is 10.6. The predicted octanol–water partition coefficient (Wildman–Crippen LogP) is 0.458. The van der Waals surface area contributed by atoms with Gasteiger partial charge in [0.25, 0.3) is 0 Å². The molecule has 46 valence electrons. The van der Waals surface area contributed by atoms with Crippen LogP contribution in [0.15, 0.2) is 0 Å². The minimum Gasteiger partial charge on any atom is -0.342 e. The molecule has 1 saturated heterocycles. The zero-order valence-corrected chi connectivity index (χ0v) is 5.32. The van der Waals surface area contributed by atoms with E-state index in [9.17, 15) is 4.79 Å². The van der Waals surface area contributed by atoms with E-state index >= 15 is 0 Å². The average molecular weight is 134 g/mol. The number of hydrogen-bond donors (Lipinski definition) is 0. The van der Waals surface area contributed by atoms with E-state index in [4.69, 9.17) is 11.6 Å². The van der Waals surface area contributed by atoms with Gasteiger partial charge in [-0.25, -0.2) is 0 Å². The second-order valence-corrected chi connectivity index (χ2v) is 2.14. The second kappa shape index (κ2) is 2.35. The van der Waals surface area contributed by atoms with Gasteiger partial charge < -0.3 is 4.90 Å². The molecule has 1 heterocycles. The first-order chi connectivity index (χ1) is 3.84. The molecule has 0 N–H and O–H groups in total. The Morgan fingerprint density at radius 2 is 2.25 bits per heavy atom. The van der Waals surface area contributed by atoms with Gasteiger partial charge in [-0.2, -0.15) is 0 Å². The fourth-order valence-electron chi connectivity index (χ4n) is 0.650. The van der Waals surface area contributed by atoms with Crippen molar-refractivity contribution in [1.29, 1.82) is 0 Å². The smallest absolute Gasteiger partial charge is 0.237 e. The Balaban J connectivity index is 2.24. The van der Waals surface area contributed by atoms with E-state index in [-0.39, 0.29) is 11.8 Å². The van der Waals surface area contributed by atoms with Crippen molar-refractivity contribution in [3.63, 3.8) is 0 Å². The topological polar surface area (TPSA) is 20.3 Å². The number of amides is 1. The van der Waals surface area contributed by atoms with Crippen molar-refractivity contribution in [1.82, 2.24) is 4.90 Å². The van der Waals surface area contributed by atoms with Gasteiger partial charge in [-0.3, -0.25) is 4.79 Å². The molecule has 1 aliphatic rings. The molecule has 0 aromatic heterocycles. The SMILES string of the molecule is O=C(CCl)N1CCC1. The van der Waals surface area contributed by atoms with Crippen LogP contribution in [0.1, 0.15) is 6.42 Å². The maximum Gasteiger partial charge on any atom is 0.237 e. The largest absolute Gasteiger partial charge is 0.342 e. The minimum absolute atomic E-state index is 0.0675. The lowest BCUT2D eigenvalue weighted by atomic mass is 10.2. The molecule has 0 aromatic rings. The van der Waals surface area contributed by atoms with Crippen LogP contribution in [0.5, 0.6) is 0 Å². The Morgan fingerprint density at radius 3 is 2.38 bits per heavy atom. The van der Waals surface area contributed by atoms with Gasteiger partial charge in [0.1, 0.15) is 5.88 Å². The standard InChI is InChI=1S/C5H8ClNO/c6-4-5(8)7-2-1-3-7/h1-4H2. The number of rotatable bonds is 1. The van der Waals surface area contributed by atoms with Crippen LogP contribution in [0.3, 0.4) is 0 Å². The van der Waals surface area contributed by atoms with E-state index in [0.29, 0.717) is 0 Å². The van der Waals surface area contributed by atoms with Gasteiger partial charge in [0.2, 0.25) is 5.91 Å². The van der Waals surface area contributed by atoms with Gasteiger partial charge in [0.15, 0.2) is 0 Å². The highest BCUT2D eigenvalue weighted by Crippen LogP contribution is 2.05. The van der Waals surface area contributed by atoms with Crippen molar-refractivity contribution in [3.05, 3.63) is 0 Å². The number of carbonyl (C=O) groups is 1. The van der Waals surface area contributed by atoms with Gasteiger partial charge in [-0.15, -0.1) is 11.6 Å². The minimum atomic E-state index is 0.0675. The molecule has 3 heteroatoms. The number of halogens is 1. The highest BCUT2D eigenvalue weighted by Gasteiger charge is 2.18. The molecule has 0 spiro atoms. The Bertz CT molecular complexity index is 101. The Labute approximate surface area is 53.4 Å². The molecule has 8 heavy (non-hydrogen) atoms. The van der Waals surface area contributed by atoms with Crippen LogP contribution in [-0.4, -0.2) is 29.8 Å². The molecule has 1 amide bonds. The third-order valence-electron chi connectivity index (χ3n) is 1.32. The number of carbonyl (C=O) groups excluding carboxylic acids is 1. The average Bonchev–Trinajstić information content (AvgIpc) is 1.62. The maximum atomic E-state index is 10.6. The number of likely N-dealkylation sites (tertiary alicyclic amines) is 1. The Hall–Kier alpha value is -0.240. The lowest BCUT2D eigenvalue weighted by Crippen LogP contribution is -2.42. The van der Waals surface area contributed by atoms with Gasteiger partial charge in [0.05, 0.1) is 0 Å². The molecule has 1 rings (SSSR count). The lowest BCUT2D eigenvalue weighted by molar-refractivity contribution is -0.131.